The van der Waals surface area contributed by atoms with Gasteiger partial charge in [-0.1, -0.05) is 46.3 Å². The molecular formula is C15H28O. The molecule has 0 N–H and O–H groups in total. The Bertz CT molecular complexity index is 205. The van der Waals surface area contributed by atoms with Gasteiger partial charge in [0, 0.05) is 0 Å². The molecule has 0 aromatic heterocycles. The van der Waals surface area contributed by atoms with Gasteiger partial charge in [0.2, 0.25) is 0 Å². The first-order chi connectivity index (χ1) is 7.26. The first-order valence-corrected chi connectivity index (χ1v) is 6.18. The van der Waals surface area contributed by atoms with E-state index in [9.17, 15) is 0 Å². The zero-order chi connectivity index (χ0) is 12.8. The van der Waals surface area contributed by atoms with Crippen molar-refractivity contribution in [2.75, 3.05) is 6.61 Å². The molecule has 94 valence electrons. The summed E-state index contributed by atoms with van der Waals surface area (Å²) in [6.07, 6.45) is 4.64. The van der Waals surface area contributed by atoms with Crippen molar-refractivity contribution in [2.45, 2.75) is 53.6 Å². The number of ether oxygens (including phenoxy) is 1. The van der Waals surface area contributed by atoms with Crippen molar-refractivity contribution >= 4 is 0 Å². The first-order valence-electron chi connectivity index (χ1n) is 6.18. The largest absolute Gasteiger partial charge is 0.374 e. The highest BCUT2D eigenvalue weighted by atomic mass is 16.5. The van der Waals surface area contributed by atoms with Gasteiger partial charge >= 0.3 is 0 Å². The van der Waals surface area contributed by atoms with E-state index in [1.165, 1.54) is 0 Å². The lowest BCUT2D eigenvalue weighted by molar-refractivity contribution is 0.0856. The molecule has 0 fully saturated rings. The molecule has 0 aromatic carbocycles. The zero-order valence-corrected chi connectivity index (χ0v) is 11.7. The summed E-state index contributed by atoms with van der Waals surface area (Å²) < 4.78 is 5.68. The number of hydrogen-bond acceptors (Lipinski definition) is 1. The highest BCUT2D eigenvalue weighted by molar-refractivity contribution is 4.93. The van der Waals surface area contributed by atoms with Crippen molar-refractivity contribution in [3.8, 4) is 0 Å². The van der Waals surface area contributed by atoms with Crippen molar-refractivity contribution in [1.29, 1.82) is 0 Å². The second kappa shape index (κ2) is 7.11. The zero-order valence-electron chi connectivity index (χ0n) is 11.7. The van der Waals surface area contributed by atoms with Crippen LogP contribution in [-0.4, -0.2) is 12.7 Å². The topological polar surface area (TPSA) is 9.23 Å². The fourth-order valence-electron chi connectivity index (χ4n) is 2.03. The molecule has 0 saturated carbocycles. The predicted octanol–water partition coefficient (Wildman–Crippen LogP) is 4.45. The summed E-state index contributed by atoms with van der Waals surface area (Å²) in [6, 6.07) is 0. The van der Waals surface area contributed by atoms with Crippen molar-refractivity contribution in [1.82, 2.24) is 0 Å². The summed E-state index contributed by atoms with van der Waals surface area (Å²) in [6.45, 7) is 19.3. The molecule has 0 amide bonds. The maximum Gasteiger partial charge on any atom is 0.0675 e. The van der Waals surface area contributed by atoms with Gasteiger partial charge in [0.25, 0.3) is 0 Å². The van der Waals surface area contributed by atoms with Gasteiger partial charge < -0.3 is 4.74 Å². The maximum absolute atomic E-state index is 5.68. The molecule has 1 nitrogen and oxygen atoms in total. The second-order valence-corrected chi connectivity index (χ2v) is 5.73. The standard InChI is InChI=1S/C15H28O/c1-8-13(4)9-15(6,7)10-14(5)16-11-12(2)3/h10,13-14H,1-2,8-9,11H2,3-7H3. The van der Waals surface area contributed by atoms with Crippen LogP contribution in [-0.2, 0) is 4.74 Å². The summed E-state index contributed by atoms with van der Waals surface area (Å²) >= 11 is 0. The van der Waals surface area contributed by atoms with E-state index in [2.05, 4.69) is 47.6 Å². The van der Waals surface area contributed by atoms with Crippen molar-refractivity contribution < 1.29 is 4.74 Å². The number of hydrogen-bond donors (Lipinski definition) is 0. The Morgan fingerprint density at radius 3 is 2.38 bits per heavy atom. The smallest absolute Gasteiger partial charge is 0.0675 e. The molecule has 0 aliphatic rings. The van der Waals surface area contributed by atoms with Gasteiger partial charge in [-0.3, -0.25) is 0 Å². The van der Waals surface area contributed by atoms with Gasteiger partial charge in [-0.25, -0.2) is 0 Å². The van der Waals surface area contributed by atoms with Crippen LogP contribution in [0.4, 0.5) is 0 Å². The van der Waals surface area contributed by atoms with Crippen LogP contribution in [0.25, 0.3) is 0 Å². The van der Waals surface area contributed by atoms with Crippen LogP contribution in [0.15, 0.2) is 12.2 Å². The third-order valence-corrected chi connectivity index (χ3v) is 2.65. The van der Waals surface area contributed by atoms with Crippen LogP contribution in [0, 0.1) is 24.7 Å². The highest BCUT2D eigenvalue weighted by Crippen LogP contribution is 2.31. The summed E-state index contributed by atoms with van der Waals surface area (Å²) in [5.41, 5.74) is 1.29. The Kier molecular flexibility index (Phi) is 6.98. The molecule has 0 aliphatic heterocycles. The van der Waals surface area contributed by atoms with E-state index >= 15 is 0 Å². The summed E-state index contributed by atoms with van der Waals surface area (Å²) in [7, 11) is 0. The fraction of sp³-hybridized carbons (Fsp3) is 0.733. The normalized spacial score (nSPS) is 15.9. The van der Waals surface area contributed by atoms with E-state index in [1.807, 2.05) is 6.92 Å². The third kappa shape index (κ3) is 7.92. The molecule has 1 heteroatoms. The molecule has 2 atom stereocenters. The molecule has 0 heterocycles. The van der Waals surface area contributed by atoms with Crippen LogP contribution in [0.2, 0.25) is 0 Å². The maximum atomic E-state index is 5.68. The molecular weight excluding hydrogens is 196 g/mol. The molecule has 0 rings (SSSR count). The Labute approximate surface area is 102 Å². The minimum absolute atomic E-state index is 0.184. The highest BCUT2D eigenvalue weighted by Gasteiger charge is 2.23. The van der Waals surface area contributed by atoms with E-state index in [0.29, 0.717) is 12.5 Å². The van der Waals surface area contributed by atoms with Crippen LogP contribution >= 0.6 is 0 Å². The van der Waals surface area contributed by atoms with E-state index in [0.717, 1.165) is 18.4 Å². The average molecular weight is 224 g/mol. The Balaban J connectivity index is 3.98. The second-order valence-electron chi connectivity index (χ2n) is 5.73. The Morgan fingerprint density at radius 1 is 1.38 bits per heavy atom. The monoisotopic (exact) mass is 224 g/mol. The fourth-order valence-corrected chi connectivity index (χ4v) is 2.03. The number of rotatable bonds is 8. The van der Waals surface area contributed by atoms with E-state index in [1.54, 1.807) is 0 Å². The minimum Gasteiger partial charge on any atom is -0.374 e. The van der Waals surface area contributed by atoms with Crippen molar-refractivity contribution in [3.63, 3.8) is 0 Å². The van der Waals surface area contributed by atoms with Gasteiger partial charge in [-0.05, 0) is 38.0 Å². The van der Waals surface area contributed by atoms with E-state index < -0.39 is 0 Å². The molecule has 16 heavy (non-hydrogen) atoms. The molecule has 2 radical (unpaired) electrons. The van der Waals surface area contributed by atoms with Crippen LogP contribution < -0.4 is 0 Å². The molecule has 2 unspecified atom stereocenters. The van der Waals surface area contributed by atoms with E-state index in [4.69, 9.17) is 4.74 Å². The van der Waals surface area contributed by atoms with Gasteiger partial charge in [-0.15, -0.1) is 0 Å². The quantitative estimate of drug-likeness (QED) is 0.553. The molecule has 0 aromatic rings. The van der Waals surface area contributed by atoms with Crippen LogP contribution in [0.1, 0.15) is 47.5 Å². The lowest BCUT2D eigenvalue weighted by atomic mass is 9.78. The minimum atomic E-state index is 0.184. The molecule has 0 saturated heterocycles. The van der Waals surface area contributed by atoms with Gasteiger partial charge in [-0.2, -0.15) is 0 Å². The SMILES string of the molecule is [CH2]CC(C)CC(C)(C)[CH]C(C)OCC(=C)C. The summed E-state index contributed by atoms with van der Waals surface area (Å²) in [5.74, 6) is 0.666. The molecule has 0 spiro atoms. The van der Waals surface area contributed by atoms with Gasteiger partial charge in [0.1, 0.15) is 0 Å². The van der Waals surface area contributed by atoms with E-state index in [-0.39, 0.29) is 11.5 Å². The van der Waals surface area contributed by atoms with Crippen LogP contribution in [0.5, 0.6) is 0 Å². The third-order valence-electron chi connectivity index (χ3n) is 2.65. The summed E-state index contributed by atoms with van der Waals surface area (Å²) in [5, 5.41) is 0. The predicted molar refractivity (Wildman–Crippen MR) is 72.1 cm³/mol. The van der Waals surface area contributed by atoms with Gasteiger partial charge in [0.15, 0.2) is 0 Å². The van der Waals surface area contributed by atoms with Crippen molar-refractivity contribution in [3.05, 3.63) is 25.5 Å². The molecule has 0 aliphatic carbocycles. The molecule has 0 bridgehead atoms. The average Bonchev–Trinajstić information content (AvgIpc) is 2.13. The van der Waals surface area contributed by atoms with Gasteiger partial charge in [0.05, 0.1) is 12.7 Å². The summed E-state index contributed by atoms with van der Waals surface area (Å²) in [4.78, 5) is 0. The Hall–Kier alpha value is -0.300. The Morgan fingerprint density at radius 2 is 1.94 bits per heavy atom. The first kappa shape index (κ1) is 15.7. The van der Waals surface area contributed by atoms with Crippen molar-refractivity contribution in [2.24, 2.45) is 11.3 Å². The lowest BCUT2D eigenvalue weighted by Crippen LogP contribution is -2.24. The van der Waals surface area contributed by atoms with Crippen LogP contribution in [0.3, 0.4) is 0 Å². The lowest BCUT2D eigenvalue weighted by Gasteiger charge is -2.30.